The predicted octanol–water partition coefficient (Wildman–Crippen LogP) is 0.914. The normalized spacial score (nSPS) is 12.7. The molecule has 0 spiro atoms. The van der Waals surface area contributed by atoms with Crippen molar-refractivity contribution in [3.05, 3.63) is 18.0 Å². The molecule has 1 heterocycles. The highest BCUT2D eigenvalue weighted by Gasteiger charge is 2.22. The van der Waals surface area contributed by atoms with Gasteiger partial charge >= 0.3 is 5.97 Å². The summed E-state index contributed by atoms with van der Waals surface area (Å²) in [6.07, 6.45) is 3.54. The van der Waals surface area contributed by atoms with E-state index in [2.05, 4.69) is 10.4 Å². The summed E-state index contributed by atoms with van der Waals surface area (Å²) in [7, 11) is 2.99. The molecular formula is C12H21N3O3. The Hall–Kier alpha value is -1.40. The number of rotatable bonds is 7. The molecule has 1 aromatic heterocycles. The summed E-state index contributed by atoms with van der Waals surface area (Å²) >= 11 is 0. The second-order valence-electron chi connectivity index (χ2n) is 4.25. The van der Waals surface area contributed by atoms with E-state index in [0.717, 1.165) is 5.56 Å². The zero-order valence-corrected chi connectivity index (χ0v) is 11.3. The van der Waals surface area contributed by atoms with Crippen LogP contribution in [0.5, 0.6) is 0 Å². The molecule has 1 atom stereocenters. The van der Waals surface area contributed by atoms with Gasteiger partial charge in [0.1, 0.15) is 6.04 Å². The minimum absolute atomic E-state index is 0.260. The van der Waals surface area contributed by atoms with Crippen LogP contribution in [0.25, 0.3) is 0 Å². The Morgan fingerprint density at radius 2 is 2.22 bits per heavy atom. The summed E-state index contributed by atoms with van der Waals surface area (Å²) in [5.41, 5.74) is 0.798. The number of aromatic nitrogens is 2. The summed E-state index contributed by atoms with van der Waals surface area (Å²) < 4.78 is 11.5. The van der Waals surface area contributed by atoms with Crippen LogP contribution in [0, 0.1) is 0 Å². The first-order valence-corrected chi connectivity index (χ1v) is 5.94. The molecule has 0 aliphatic heterocycles. The Labute approximate surface area is 107 Å². The first kappa shape index (κ1) is 14.7. The minimum atomic E-state index is -0.502. The minimum Gasteiger partial charge on any atom is -0.468 e. The van der Waals surface area contributed by atoms with Crippen LogP contribution in [0.2, 0.25) is 0 Å². The monoisotopic (exact) mass is 255 g/mol. The van der Waals surface area contributed by atoms with Gasteiger partial charge in [-0.15, -0.1) is 0 Å². The number of methoxy groups -OCH3 is 2. The molecule has 0 amide bonds. The van der Waals surface area contributed by atoms with Gasteiger partial charge in [-0.25, -0.2) is 4.79 Å². The Morgan fingerprint density at radius 3 is 2.72 bits per heavy atom. The topological polar surface area (TPSA) is 65.4 Å². The van der Waals surface area contributed by atoms with Crippen molar-refractivity contribution in [2.75, 3.05) is 27.4 Å². The molecule has 0 saturated carbocycles. The average molecular weight is 255 g/mol. The Kier molecular flexibility index (Phi) is 5.80. The van der Waals surface area contributed by atoms with Gasteiger partial charge in [-0.1, -0.05) is 0 Å². The molecule has 0 radical (unpaired) electrons. The fraction of sp³-hybridized carbons (Fsp3) is 0.667. The van der Waals surface area contributed by atoms with Crippen molar-refractivity contribution in [2.45, 2.75) is 25.9 Å². The number of ether oxygens (including phenoxy) is 2. The highest BCUT2D eigenvalue weighted by atomic mass is 16.5. The zero-order chi connectivity index (χ0) is 13.5. The van der Waals surface area contributed by atoms with E-state index in [9.17, 15) is 4.79 Å². The number of nitrogens with one attached hydrogen (secondary N) is 1. The van der Waals surface area contributed by atoms with Gasteiger partial charge in [0.05, 0.1) is 19.9 Å². The van der Waals surface area contributed by atoms with E-state index in [1.54, 1.807) is 13.3 Å². The summed E-state index contributed by atoms with van der Waals surface area (Å²) in [5.74, 6) is -0.325. The lowest BCUT2D eigenvalue weighted by Crippen LogP contribution is -2.31. The van der Waals surface area contributed by atoms with Gasteiger partial charge in [-0.3, -0.25) is 10.00 Å². The molecule has 0 aliphatic carbocycles. The largest absolute Gasteiger partial charge is 0.468 e. The second-order valence-corrected chi connectivity index (χ2v) is 4.25. The van der Waals surface area contributed by atoms with Gasteiger partial charge in [0.25, 0.3) is 0 Å². The summed E-state index contributed by atoms with van der Waals surface area (Å²) in [6, 6.07) is -0.242. The van der Waals surface area contributed by atoms with Crippen LogP contribution in [-0.2, 0) is 14.3 Å². The van der Waals surface area contributed by atoms with Crippen LogP contribution in [0.1, 0.15) is 31.5 Å². The molecule has 1 N–H and O–H groups in total. The summed E-state index contributed by atoms with van der Waals surface area (Å²) in [4.78, 5) is 11.7. The van der Waals surface area contributed by atoms with Gasteiger partial charge in [0, 0.05) is 31.5 Å². The van der Waals surface area contributed by atoms with Gasteiger partial charge in [0.15, 0.2) is 0 Å². The molecule has 0 saturated heterocycles. The third-order valence-corrected chi connectivity index (χ3v) is 2.58. The van der Waals surface area contributed by atoms with Gasteiger partial charge in [-0.05, 0) is 13.8 Å². The first-order chi connectivity index (χ1) is 8.60. The van der Waals surface area contributed by atoms with E-state index in [-0.39, 0.29) is 12.0 Å². The molecule has 1 unspecified atom stereocenters. The third-order valence-electron chi connectivity index (χ3n) is 2.58. The average Bonchev–Trinajstić information content (AvgIpc) is 2.83. The van der Waals surface area contributed by atoms with Gasteiger partial charge < -0.3 is 9.47 Å². The molecule has 18 heavy (non-hydrogen) atoms. The van der Waals surface area contributed by atoms with Crippen LogP contribution in [0.3, 0.4) is 0 Å². The third kappa shape index (κ3) is 3.82. The van der Waals surface area contributed by atoms with Crippen molar-refractivity contribution in [1.29, 1.82) is 0 Å². The SMILES string of the molecule is COCCNC(C(=O)OC)c1cnn(C(C)C)c1. The Bertz CT molecular complexity index is 376. The number of hydrogen-bond acceptors (Lipinski definition) is 5. The van der Waals surface area contributed by atoms with Gasteiger partial charge in [0.2, 0.25) is 0 Å². The molecule has 0 bridgehead atoms. The van der Waals surface area contributed by atoms with Crippen molar-refractivity contribution < 1.29 is 14.3 Å². The number of carbonyl (C=O) groups excluding carboxylic acids is 1. The molecule has 0 fully saturated rings. The van der Waals surface area contributed by atoms with Crippen molar-refractivity contribution >= 4 is 5.97 Å². The van der Waals surface area contributed by atoms with Crippen LogP contribution in [-0.4, -0.2) is 43.1 Å². The summed E-state index contributed by atoms with van der Waals surface area (Å²) in [5, 5.41) is 7.31. The number of hydrogen-bond donors (Lipinski definition) is 1. The quantitative estimate of drug-likeness (QED) is 0.579. The first-order valence-electron chi connectivity index (χ1n) is 5.94. The predicted molar refractivity (Wildman–Crippen MR) is 67.2 cm³/mol. The second kappa shape index (κ2) is 7.13. The fourth-order valence-corrected chi connectivity index (χ4v) is 1.54. The highest BCUT2D eigenvalue weighted by Crippen LogP contribution is 2.15. The molecular weight excluding hydrogens is 234 g/mol. The highest BCUT2D eigenvalue weighted by molar-refractivity contribution is 5.77. The molecule has 0 aliphatic rings. The lowest BCUT2D eigenvalue weighted by molar-refractivity contribution is -0.143. The van der Waals surface area contributed by atoms with Crippen LogP contribution in [0.15, 0.2) is 12.4 Å². The van der Waals surface area contributed by atoms with Gasteiger partial charge in [-0.2, -0.15) is 5.10 Å². The molecule has 6 heteroatoms. The Balaban J connectivity index is 2.77. The van der Waals surface area contributed by atoms with Crippen molar-refractivity contribution in [1.82, 2.24) is 15.1 Å². The maximum absolute atomic E-state index is 11.7. The lowest BCUT2D eigenvalue weighted by atomic mass is 10.1. The van der Waals surface area contributed by atoms with Crippen molar-refractivity contribution in [3.8, 4) is 0 Å². The molecule has 1 aromatic rings. The van der Waals surface area contributed by atoms with E-state index in [0.29, 0.717) is 13.2 Å². The van der Waals surface area contributed by atoms with E-state index in [1.807, 2.05) is 24.7 Å². The van der Waals surface area contributed by atoms with Crippen LogP contribution in [0.4, 0.5) is 0 Å². The number of carbonyl (C=O) groups is 1. The number of nitrogens with zero attached hydrogens (tertiary/aromatic N) is 2. The smallest absolute Gasteiger partial charge is 0.327 e. The number of esters is 1. The van der Waals surface area contributed by atoms with E-state index in [1.165, 1.54) is 7.11 Å². The van der Waals surface area contributed by atoms with E-state index >= 15 is 0 Å². The molecule has 102 valence electrons. The van der Waals surface area contributed by atoms with E-state index < -0.39 is 6.04 Å². The molecule has 6 nitrogen and oxygen atoms in total. The fourth-order valence-electron chi connectivity index (χ4n) is 1.54. The van der Waals surface area contributed by atoms with Crippen molar-refractivity contribution in [2.24, 2.45) is 0 Å². The maximum atomic E-state index is 11.7. The van der Waals surface area contributed by atoms with Crippen molar-refractivity contribution in [3.63, 3.8) is 0 Å². The molecule has 0 aromatic carbocycles. The Morgan fingerprint density at radius 1 is 1.50 bits per heavy atom. The standard InChI is InChI=1S/C12H21N3O3/c1-9(2)15-8-10(7-14-15)11(12(16)18-4)13-5-6-17-3/h7-9,11,13H,5-6H2,1-4H3. The maximum Gasteiger partial charge on any atom is 0.327 e. The summed E-state index contributed by atoms with van der Waals surface area (Å²) in [6.45, 7) is 5.17. The zero-order valence-electron chi connectivity index (χ0n) is 11.3. The lowest BCUT2D eigenvalue weighted by Gasteiger charge is -2.14. The molecule has 1 rings (SSSR count). The van der Waals surface area contributed by atoms with E-state index in [4.69, 9.17) is 9.47 Å². The van der Waals surface area contributed by atoms with Crippen LogP contribution < -0.4 is 5.32 Å². The van der Waals surface area contributed by atoms with Crippen LogP contribution >= 0.6 is 0 Å².